The van der Waals surface area contributed by atoms with Crippen LogP contribution in [0.2, 0.25) is 0 Å². The average Bonchev–Trinajstić information content (AvgIpc) is 3.77. The topological polar surface area (TPSA) is 58.7 Å². The van der Waals surface area contributed by atoms with Crippen LogP contribution in [-0.4, -0.2) is 137 Å². The fourth-order valence-electron chi connectivity index (χ4n) is 8.63. The van der Waals surface area contributed by atoms with Crippen molar-refractivity contribution in [2.24, 2.45) is 21.7 Å². The van der Waals surface area contributed by atoms with Crippen LogP contribution in [0.25, 0.3) is 0 Å². The van der Waals surface area contributed by atoms with Crippen LogP contribution in [0.1, 0.15) is 201 Å². The Kier molecular flexibility index (Phi) is 28.2. The third kappa shape index (κ3) is 25.2. The maximum atomic E-state index is 5.94. The van der Waals surface area contributed by atoms with Crippen molar-refractivity contribution in [3.63, 3.8) is 0 Å². The number of rotatable bonds is 24. The lowest BCUT2D eigenvalue weighted by molar-refractivity contribution is -0.0503. The van der Waals surface area contributed by atoms with E-state index in [4.69, 9.17) is 18.9 Å². The molecule has 0 amide bonds. The normalized spacial score (nSPS) is 20.2. The van der Waals surface area contributed by atoms with Crippen molar-refractivity contribution in [2.45, 2.75) is 249 Å². The molecule has 4 fully saturated rings. The van der Waals surface area contributed by atoms with Crippen molar-refractivity contribution in [1.29, 1.82) is 0 Å². The van der Waals surface area contributed by atoms with Crippen molar-refractivity contribution in [2.75, 3.05) is 73.7 Å². The van der Waals surface area contributed by atoms with Gasteiger partial charge >= 0.3 is 0 Å². The number of ether oxygens (including phenoxy) is 4. The van der Waals surface area contributed by atoms with Crippen LogP contribution in [0.15, 0.2) is 0 Å². The highest BCUT2D eigenvalue weighted by Gasteiger charge is 2.44. The number of hydrogen-bond acceptors (Lipinski definition) is 8. The van der Waals surface area contributed by atoms with Gasteiger partial charge in [0.2, 0.25) is 0 Å². The number of hydrogen-bond donors (Lipinski definition) is 1. The fraction of sp³-hybridized carbons (Fsp3) is 1.00. The first-order valence-corrected chi connectivity index (χ1v) is 25.7. The summed E-state index contributed by atoms with van der Waals surface area (Å²) in [6.45, 7) is 43.5. The van der Waals surface area contributed by atoms with Crippen molar-refractivity contribution in [3.05, 3.63) is 0 Å². The van der Waals surface area contributed by atoms with Crippen LogP contribution in [0, 0.1) is 21.7 Å². The van der Waals surface area contributed by atoms with Gasteiger partial charge in [0.15, 0.2) is 0 Å². The van der Waals surface area contributed by atoms with Gasteiger partial charge in [-0.05, 0) is 169 Å². The lowest BCUT2D eigenvalue weighted by atomic mass is 9.69. The van der Waals surface area contributed by atoms with Gasteiger partial charge < -0.3 is 39.0 Å². The van der Waals surface area contributed by atoms with Crippen molar-refractivity contribution in [1.82, 2.24) is 20.0 Å². The highest BCUT2D eigenvalue weighted by atomic mass is 16.5. The van der Waals surface area contributed by atoms with Gasteiger partial charge in [0, 0.05) is 72.0 Å². The molecule has 0 aromatic rings. The Labute approximate surface area is 382 Å². The van der Waals surface area contributed by atoms with Crippen molar-refractivity contribution >= 4 is 0 Å². The maximum Gasteiger partial charge on any atom is 0.0538 e. The van der Waals surface area contributed by atoms with E-state index in [2.05, 4.69) is 152 Å². The van der Waals surface area contributed by atoms with Gasteiger partial charge in [0.1, 0.15) is 0 Å². The second kappa shape index (κ2) is 29.3. The van der Waals surface area contributed by atoms with Gasteiger partial charge in [-0.15, -0.1) is 0 Å². The van der Waals surface area contributed by atoms with Crippen LogP contribution in [0.4, 0.5) is 0 Å². The monoisotopic (exact) mass is 867 g/mol. The molecule has 0 spiro atoms. The molecule has 1 N–H and O–H groups in total. The lowest BCUT2D eigenvalue weighted by Crippen LogP contribution is -2.46. The van der Waals surface area contributed by atoms with E-state index in [0.717, 1.165) is 33.0 Å². The molecule has 0 aromatic carbocycles. The molecule has 4 saturated carbocycles. The van der Waals surface area contributed by atoms with E-state index >= 15 is 0 Å². The van der Waals surface area contributed by atoms with E-state index < -0.39 is 0 Å². The molecule has 4 aliphatic rings. The molecule has 0 saturated heterocycles. The maximum absolute atomic E-state index is 5.94. The largest absolute Gasteiger partial charge is 0.378 e. The Morgan fingerprint density at radius 3 is 0.869 bits per heavy atom. The van der Waals surface area contributed by atoms with Crippen LogP contribution in [-0.2, 0) is 18.9 Å². The van der Waals surface area contributed by atoms with Crippen LogP contribution in [0.3, 0.4) is 0 Å². The Balaban J connectivity index is 0.000000408. The lowest BCUT2D eigenvalue weighted by Gasteiger charge is -2.45. The molecule has 8 heteroatoms. The molecule has 0 heterocycles. The van der Waals surface area contributed by atoms with Gasteiger partial charge in [-0.3, -0.25) is 0 Å². The smallest absolute Gasteiger partial charge is 0.0538 e. The third-order valence-corrected chi connectivity index (χ3v) is 14.1. The van der Waals surface area contributed by atoms with Crippen molar-refractivity contribution in [3.8, 4) is 0 Å². The Morgan fingerprint density at radius 1 is 0.361 bits per heavy atom. The third-order valence-electron chi connectivity index (χ3n) is 14.1. The highest BCUT2D eigenvalue weighted by molar-refractivity contribution is 4.96. The van der Waals surface area contributed by atoms with Gasteiger partial charge in [-0.25, -0.2) is 0 Å². The summed E-state index contributed by atoms with van der Waals surface area (Å²) in [5, 5.41) is 3.57. The molecular weight excluding hydrogens is 757 g/mol. The molecule has 366 valence electrons. The Bertz CT molecular complexity index is 1060. The Hall–Kier alpha value is -0.320. The summed E-state index contributed by atoms with van der Waals surface area (Å²) in [5.74, 6) is 0. The summed E-state index contributed by atoms with van der Waals surface area (Å²) in [5.41, 5.74) is 1.79. The zero-order valence-electron chi connectivity index (χ0n) is 44.6. The van der Waals surface area contributed by atoms with E-state index in [1.165, 1.54) is 110 Å². The van der Waals surface area contributed by atoms with Crippen LogP contribution in [0.5, 0.6) is 0 Å². The summed E-state index contributed by atoms with van der Waals surface area (Å²) in [6.07, 6.45) is 20.5. The molecule has 4 rings (SSSR count). The van der Waals surface area contributed by atoms with Crippen LogP contribution >= 0.6 is 0 Å². The first-order chi connectivity index (χ1) is 28.4. The minimum atomic E-state index is 0.359. The molecule has 0 atom stereocenters. The molecule has 0 radical (unpaired) electrons. The average molecular weight is 867 g/mol. The SMILES string of the molecule is CC(C)NCC1(COC(C)C)CCCC1.CC(C)OCC1(CN(C)C(C)C)CC1.CC(C)OCC1(CN(C)C(C)C)CCC1.CC(C)OCC1(CN(C)C(C)C)CCCCC1. The number of nitrogens with zero attached hydrogens (tertiary/aromatic N) is 3. The zero-order valence-corrected chi connectivity index (χ0v) is 44.6. The molecule has 8 nitrogen and oxygen atoms in total. The first-order valence-electron chi connectivity index (χ1n) is 25.7. The predicted molar refractivity (Wildman–Crippen MR) is 265 cm³/mol. The Morgan fingerprint density at radius 2 is 0.623 bits per heavy atom. The molecule has 4 aliphatic carbocycles. The van der Waals surface area contributed by atoms with Gasteiger partial charge in [-0.1, -0.05) is 52.4 Å². The minimum Gasteiger partial charge on any atom is -0.378 e. The fourth-order valence-corrected chi connectivity index (χ4v) is 8.63. The van der Waals surface area contributed by atoms with Gasteiger partial charge in [-0.2, -0.15) is 0 Å². The molecule has 0 aliphatic heterocycles. The standard InChI is InChI=1S/C15H31NO.2C13H27NO.C12H25NO/c1-13(2)16(5)11-15(12-17-14(3)4)9-7-6-8-10-15;1-11(2)14(5)9-13(7-6-8-13)10-15-12(3)4;1-11(2)14-9-13(7-5-6-8-13)10-15-12(3)4;1-10(2)13(5)8-12(6-7-12)9-14-11(3)4/h13-14H,6-12H2,1-5H3;11-12H,6-10H2,1-5H3;11-12,14H,5-10H2,1-4H3;10-11H,6-9H2,1-5H3. The number of nitrogens with one attached hydrogen (secondary N) is 1. The van der Waals surface area contributed by atoms with E-state index in [-0.39, 0.29) is 0 Å². The summed E-state index contributed by atoms with van der Waals surface area (Å²) in [7, 11) is 6.68. The van der Waals surface area contributed by atoms with E-state index in [1.807, 2.05) is 0 Å². The summed E-state index contributed by atoms with van der Waals surface area (Å²) >= 11 is 0. The van der Waals surface area contributed by atoms with Gasteiger partial charge in [0.05, 0.1) is 50.8 Å². The quantitative estimate of drug-likeness (QED) is 0.103. The van der Waals surface area contributed by atoms with Gasteiger partial charge in [0.25, 0.3) is 0 Å². The molecule has 0 unspecified atom stereocenters. The molecular formula is C53H110N4O4. The van der Waals surface area contributed by atoms with E-state index in [0.29, 0.717) is 70.2 Å². The summed E-state index contributed by atoms with van der Waals surface area (Å²) in [4.78, 5) is 7.36. The summed E-state index contributed by atoms with van der Waals surface area (Å²) < 4.78 is 23.3. The zero-order chi connectivity index (χ0) is 46.4. The summed E-state index contributed by atoms with van der Waals surface area (Å²) in [6, 6.07) is 2.50. The van der Waals surface area contributed by atoms with E-state index in [1.54, 1.807) is 0 Å². The predicted octanol–water partition coefficient (Wildman–Crippen LogP) is 12.1. The molecule has 0 bridgehead atoms. The highest BCUT2D eigenvalue weighted by Crippen LogP contribution is 2.47. The first kappa shape index (κ1) is 58.7. The molecule has 0 aromatic heterocycles. The minimum absolute atomic E-state index is 0.359. The second-order valence-electron chi connectivity index (χ2n) is 23.1. The van der Waals surface area contributed by atoms with E-state index in [9.17, 15) is 0 Å². The second-order valence-corrected chi connectivity index (χ2v) is 23.1. The molecule has 61 heavy (non-hydrogen) atoms. The van der Waals surface area contributed by atoms with Crippen LogP contribution < -0.4 is 5.32 Å². The van der Waals surface area contributed by atoms with Crippen molar-refractivity contribution < 1.29 is 18.9 Å².